The molecule has 0 nitrogen and oxygen atoms in total. The van der Waals surface area contributed by atoms with Crippen molar-refractivity contribution in [1.82, 2.24) is 0 Å². The van der Waals surface area contributed by atoms with Crippen molar-refractivity contribution in [1.29, 1.82) is 0 Å². The molecule has 0 saturated heterocycles. The summed E-state index contributed by atoms with van der Waals surface area (Å²) in [6, 6.07) is 5.05. The quantitative estimate of drug-likeness (QED) is 0.265. The summed E-state index contributed by atoms with van der Waals surface area (Å²) in [5.41, 5.74) is 6.06. The monoisotopic (exact) mass is 861 g/mol. The molecule has 4 aliphatic rings. The van der Waals surface area contributed by atoms with Crippen molar-refractivity contribution < 1.29 is 0 Å². The van der Waals surface area contributed by atoms with Crippen LogP contribution in [0, 0.1) is 0 Å². The van der Waals surface area contributed by atoms with Gasteiger partial charge in [0.1, 0.15) is 0 Å². The van der Waals surface area contributed by atoms with E-state index in [1.165, 1.54) is 22.3 Å². The number of hydrogen-bond acceptors (Lipinski definition) is 0. The van der Waals surface area contributed by atoms with Crippen molar-refractivity contribution in [2.24, 2.45) is 0 Å². The maximum absolute atomic E-state index is 3.86. The normalized spacial score (nSPS) is 39.4. The van der Waals surface area contributed by atoms with Crippen molar-refractivity contribution in [3.63, 3.8) is 0 Å². The fourth-order valence-corrected chi connectivity index (χ4v) is 8.64. The van der Waals surface area contributed by atoms with Crippen molar-refractivity contribution in [2.75, 3.05) is 0 Å². The molecule has 0 radical (unpaired) electrons. The molecule has 4 fully saturated rings. The zero-order chi connectivity index (χ0) is 18.9. The first-order chi connectivity index (χ1) is 11.8. The van der Waals surface area contributed by atoms with Gasteiger partial charge in [0.25, 0.3) is 0 Å². The van der Waals surface area contributed by atoms with Gasteiger partial charge in [-0.25, -0.2) is 0 Å². The van der Waals surface area contributed by atoms with Crippen LogP contribution in [0.15, 0.2) is 12.1 Å². The Kier molecular flexibility index (Phi) is 5.08. The van der Waals surface area contributed by atoms with Gasteiger partial charge in [-0.3, -0.25) is 0 Å². The number of alkyl halides is 8. The second-order valence-corrected chi connectivity index (χ2v) is 23.8. The molecule has 1 aromatic carbocycles. The molecule has 4 aliphatic carbocycles. The standard InChI is InChI=1S/C18H14Br8/c19-15(20)3-11(15)7-1-8(12-4-16(12,21)22)10(14-6-18(14,25)26)2-9(7)13-5-17(13,23)24/h1-2,11-14H,3-6H2. The highest BCUT2D eigenvalue weighted by Crippen LogP contribution is 2.71. The van der Waals surface area contributed by atoms with E-state index in [1.54, 1.807) is 0 Å². The van der Waals surface area contributed by atoms with E-state index in [2.05, 4.69) is 140 Å². The molecular weight excluding hydrogens is 855 g/mol. The molecule has 0 aromatic heterocycles. The molecule has 0 amide bonds. The lowest BCUT2D eigenvalue weighted by Crippen LogP contribution is -2.05. The van der Waals surface area contributed by atoms with Crippen LogP contribution >= 0.6 is 127 Å². The summed E-state index contributed by atoms with van der Waals surface area (Å²) in [6.07, 6.45) is 4.58. The Bertz CT molecular complexity index is 681. The topological polar surface area (TPSA) is 0 Å². The zero-order valence-corrected chi connectivity index (χ0v) is 26.0. The SMILES string of the molecule is BrC1(Br)CC1c1cc(C2CC2(Br)Br)c(C2CC2(Br)Br)cc1C1CC1(Br)Br. The summed E-state index contributed by atoms with van der Waals surface area (Å²) >= 11 is 30.9. The number of hydrogen-bond donors (Lipinski definition) is 0. The maximum atomic E-state index is 3.86. The molecule has 0 spiro atoms. The Morgan fingerprint density at radius 1 is 0.462 bits per heavy atom. The fraction of sp³-hybridized carbons (Fsp3) is 0.667. The highest BCUT2D eigenvalue weighted by atomic mass is 79.9. The highest BCUT2D eigenvalue weighted by Gasteiger charge is 2.60. The van der Waals surface area contributed by atoms with Crippen molar-refractivity contribution in [2.45, 2.75) is 62.3 Å². The number of halogens is 8. The van der Waals surface area contributed by atoms with Crippen LogP contribution in [-0.2, 0) is 0 Å². The first-order valence-electron chi connectivity index (χ1n) is 8.52. The lowest BCUT2D eigenvalue weighted by molar-refractivity contribution is 0.952. The van der Waals surface area contributed by atoms with Gasteiger partial charge >= 0.3 is 0 Å². The summed E-state index contributed by atoms with van der Waals surface area (Å²) in [4.78, 5) is 0. The average Bonchev–Trinajstić information content (AvgIpc) is 3.43. The molecule has 26 heavy (non-hydrogen) atoms. The second kappa shape index (κ2) is 6.31. The van der Waals surface area contributed by atoms with Crippen molar-refractivity contribution in [3.05, 3.63) is 34.4 Å². The molecule has 8 heteroatoms. The Labute approximate surface area is 221 Å². The van der Waals surface area contributed by atoms with Crippen LogP contribution in [0.3, 0.4) is 0 Å². The van der Waals surface area contributed by atoms with E-state index in [-0.39, 0.29) is 12.9 Å². The Balaban J connectivity index is 1.64. The van der Waals surface area contributed by atoms with E-state index < -0.39 is 0 Å². The van der Waals surface area contributed by atoms with Crippen molar-refractivity contribution >= 4 is 127 Å². The minimum atomic E-state index is 0.0708. The van der Waals surface area contributed by atoms with E-state index >= 15 is 0 Å². The Hall–Kier alpha value is 3.06. The minimum absolute atomic E-state index is 0.0708. The molecule has 4 saturated carbocycles. The third-order valence-corrected chi connectivity index (χ3v) is 13.1. The lowest BCUT2D eigenvalue weighted by Gasteiger charge is -2.19. The predicted octanol–water partition coefficient (Wildman–Crippen LogP) is 9.58. The molecule has 0 N–H and O–H groups in total. The van der Waals surface area contributed by atoms with Gasteiger partial charge in [0.2, 0.25) is 0 Å². The van der Waals surface area contributed by atoms with Gasteiger partial charge in [0, 0.05) is 23.7 Å². The minimum Gasteiger partial charge on any atom is -0.0720 e. The van der Waals surface area contributed by atoms with Crippen LogP contribution in [0.4, 0.5) is 0 Å². The molecule has 1 aromatic rings. The molecule has 0 aliphatic heterocycles. The highest BCUT2D eigenvalue weighted by molar-refractivity contribution is 9.26. The smallest absolute Gasteiger partial charge is 0.0720 e. The third-order valence-electron chi connectivity index (χ3n) is 6.09. The Morgan fingerprint density at radius 3 is 0.731 bits per heavy atom. The summed E-state index contributed by atoms with van der Waals surface area (Å²) in [5.74, 6) is 2.16. The summed E-state index contributed by atoms with van der Waals surface area (Å²) in [6.45, 7) is 0. The second-order valence-electron chi connectivity index (χ2n) is 8.18. The molecular formula is C18H14Br8. The summed E-state index contributed by atoms with van der Waals surface area (Å²) < 4.78 is 0.283. The first-order valence-corrected chi connectivity index (χ1v) is 14.9. The van der Waals surface area contributed by atoms with Gasteiger partial charge in [-0.1, -0.05) is 140 Å². The molecule has 142 valence electrons. The maximum Gasteiger partial charge on any atom is 0.0881 e. The van der Waals surface area contributed by atoms with E-state index in [9.17, 15) is 0 Å². The molecule has 4 atom stereocenters. The molecule has 4 unspecified atom stereocenters. The van der Waals surface area contributed by atoms with Crippen molar-refractivity contribution in [3.8, 4) is 0 Å². The van der Waals surface area contributed by atoms with Crippen LogP contribution in [0.1, 0.15) is 71.6 Å². The van der Waals surface area contributed by atoms with E-state index in [0.717, 1.165) is 25.7 Å². The van der Waals surface area contributed by atoms with Crippen LogP contribution < -0.4 is 0 Å². The third kappa shape index (κ3) is 3.64. The summed E-state index contributed by atoms with van der Waals surface area (Å²) in [7, 11) is 0. The van der Waals surface area contributed by atoms with Gasteiger partial charge < -0.3 is 0 Å². The fourth-order valence-electron chi connectivity index (χ4n) is 4.08. The van der Waals surface area contributed by atoms with Gasteiger partial charge in [-0.05, 0) is 47.9 Å². The molecule has 0 heterocycles. The van der Waals surface area contributed by atoms with Crippen LogP contribution in [-0.4, -0.2) is 12.9 Å². The van der Waals surface area contributed by atoms with E-state index in [4.69, 9.17) is 0 Å². The summed E-state index contributed by atoms with van der Waals surface area (Å²) in [5, 5.41) is 0. The van der Waals surface area contributed by atoms with E-state index in [0.29, 0.717) is 23.7 Å². The lowest BCUT2D eigenvalue weighted by atomic mass is 9.89. The Morgan fingerprint density at radius 2 is 0.615 bits per heavy atom. The first kappa shape index (κ1) is 20.9. The van der Waals surface area contributed by atoms with Crippen LogP contribution in [0.25, 0.3) is 0 Å². The van der Waals surface area contributed by atoms with E-state index in [1.807, 2.05) is 0 Å². The largest absolute Gasteiger partial charge is 0.0881 e. The number of benzene rings is 1. The molecule has 5 rings (SSSR count). The van der Waals surface area contributed by atoms with Gasteiger partial charge in [-0.2, -0.15) is 0 Å². The van der Waals surface area contributed by atoms with Crippen LogP contribution in [0.5, 0.6) is 0 Å². The zero-order valence-electron chi connectivity index (χ0n) is 13.3. The van der Waals surface area contributed by atoms with Gasteiger partial charge in [0.15, 0.2) is 0 Å². The van der Waals surface area contributed by atoms with Crippen LogP contribution in [0.2, 0.25) is 0 Å². The molecule has 0 bridgehead atoms. The number of rotatable bonds is 4. The van der Waals surface area contributed by atoms with Gasteiger partial charge in [-0.15, -0.1) is 0 Å². The predicted molar refractivity (Wildman–Crippen MR) is 138 cm³/mol. The van der Waals surface area contributed by atoms with Gasteiger partial charge in [0.05, 0.1) is 12.9 Å². The average molecular weight is 870 g/mol.